The van der Waals surface area contributed by atoms with Crippen molar-refractivity contribution >= 4 is 21.8 Å². The van der Waals surface area contributed by atoms with Gasteiger partial charge < -0.3 is 19.2 Å². The van der Waals surface area contributed by atoms with Gasteiger partial charge in [-0.1, -0.05) is 32.0 Å². The Kier molecular flexibility index (Phi) is 7.40. The molecule has 182 valence electrons. The average molecular weight is 496 g/mol. The summed E-state index contributed by atoms with van der Waals surface area (Å²) in [5.41, 5.74) is 0.169. The molecule has 0 spiro atoms. The standard InChI is InChI=1S/C22H23F2N3O6S/c1-12(2)15-7-5-6-8-18(15)32-22-26-19(11-31-22)33-21(28)25-13(3)14-9-16(23)20(17(24)10-14)27-34(4,29)30/h5-13,27H,1-4H3,(H,25,28). The fraction of sp³-hybridized carbons (Fsp3) is 0.273. The van der Waals surface area contributed by atoms with Crippen LogP contribution in [-0.2, 0) is 10.0 Å². The van der Waals surface area contributed by atoms with Crippen molar-refractivity contribution in [3.63, 3.8) is 0 Å². The number of nitrogens with one attached hydrogen (secondary N) is 2. The van der Waals surface area contributed by atoms with Gasteiger partial charge >= 0.3 is 12.2 Å². The van der Waals surface area contributed by atoms with E-state index in [9.17, 15) is 22.0 Å². The minimum atomic E-state index is -3.88. The summed E-state index contributed by atoms with van der Waals surface area (Å²) in [4.78, 5) is 16.1. The highest BCUT2D eigenvalue weighted by Crippen LogP contribution is 2.31. The summed E-state index contributed by atoms with van der Waals surface area (Å²) in [6.07, 6.45) is 0.738. The second kappa shape index (κ2) is 10.1. The van der Waals surface area contributed by atoms with E-state index in [4.69, 9.17) is 13.9 Å². The lowest BCUT2D eigenvalue weighted by molar-refractivity contribution is 0.195. The number of anilines is 1. The number of rotatable bonds is 8. The Labute approximate surface area is 195 Å². The first-order chi connectivity index (χ1) is 15.9. The predicted molar refractivity (Wildman–Crippen MR) is 120 cm³/mol. The fourth-order valence-corrected chi connectivity index (χ4v) is 3.56. The Balaban J connectivity index is 1.64. The molecule has 1 aromatic heterocycles. The normalized spacial score (nSPS) is 12.3. The van der Waals surface area contributed by atoms with Gasteiger partial charge in [0.25, 0.3) is 5.88 Å². The SMILES string of the molecule is CC(C)c1ccccc1Oc1nc(OC(=O)NC(C)c2cc(F)c(NS(C)(=O)=O)c(F)c2)co1. The van der Waals surface area contributed by atoms with Crippen LogP contribution in [-0.4, -0.2) is 25.8 Å². The Bertz CT molecular complexity index is 1270. The molecule has 1 unspecified atom stereocenters. The largest absolute Gasteiger partial charge is 0.414 e. The molecular weight excluding hydrogens is 472 g/mol. The second-order valence-corrected chi connectivity index (χ2v) is 9.48. The third kappa shape index (κ3) is 6.44. The number of halogens is 2. The molecule has 0 aliphatic carbocycles. The van der Waals surface area contributed by atoms with Gasteiger partial charge in [-0.15, -0.1) is 4.98 Å². The highest BCUT2D eigenvalue weighted by molar-refractivity contribution is 7.92. The molecule has 3 aromatic rings. The predicted octanol–water partition coefficient (Wildman–Crippen LogP) is 5.09. The molecule has 0 aliphatic heterocycles. The summed E-state index contributed by atoms with van der Waals surface area (Å²) in [7, 11) is -3.88. The highest BCUT2D eigenvalue weighted by Gasteiger charge is 2.20. The second-order valence-electron chi connectivity index (χ2n) is 7.74. The van der Waals surface area contributed by atoms with Crippen molar-refractivity contribution in [3.05, 3.63) is 65.4 Å². The van der Waals surface area contributed by atoms with Gasteiger partial charge in [0.15, 0.2) is 17.9 Å². The molecule has 1 heterocycles. The van der Waals surface area contributed by atoms with Gasteiger partial charge in [-0.3, -0.25) is 4.72 Å². The molecule has 0 aliphatic rings. The van der Waals surface area contributed by atoms with Crippen LogP contribution in [0.15, 0.2) is 47.1 Å². The third-order valence-corrected chi connectivity index (χ3v) is 5.16. The molecule has 34 heavy (non-hydrogen) atoms. The Morgan fingerprint density at radius 1 is 1.12 bits per heavy atom. The number of benzene rings is 2. The van der Waals surface area contributed by atoms with Gasteiger partial charge in [-0.25, -0.2) is 22.0 Å². The first-order valence-electron chi connectivity index (χ1n) is 10.1. The van der Waals surface area contributed by atoms with Crippen LogP contribution in [0, 0.1) is 11.6 Å². The van der Waals surface area contributed by atoms with Crippen LogP contribution in [0.3, 0.4) is 0 Å². The number of nitrogens with zero attached hydrogens (tertiary/aromatic N) is 1. The van der Waals surface area contributed by atoms with Crippen molar-refractivity contribution in [2.45, 2.75) is 32.7 Å². The first-order valence-corrected chi connectivity index (χ1v) is 12.0. The number of ether oxygens (including phenoxy) is 2. The van der Waals surface area contributed by atoms with E-state index in [0.29, 0.717) is 5.75 Å². The van der Waals surface area contributed by atoms with E-state index in [1.165, 1.54) is 6.92 Å². The number of oxazole rings is 1. The quantitative estimate of drug-likeness (QED) is 0.447. The molecule has 0 bridgehead atoms. The third-order valence-electron chi connectivity index (χ3n) is 4.58. The fourth-order valence-electron chi connectivity index (χ4n) is 2.99. The number of amides is 1. The van der Waals surface area contributed by atoms with E-state index < -0.39 is 39.5 Å². The van der Waals surface area contributed by atoms with Gasteiger partial charge in [0.1, 0.15) is 11.4 Å². The topological polar surface area (TPSA) is 120 Å². The zero-order chi connectivity index (χ0) is 25.0. The maximum atomic E-state index is 14.2. The molecule has 0 saturated carbocycles. The van der Waals surface area contributed by atoms with Crippen LogP contribution >= 0.6 is 0 Å². The zero-order valence-corrected chi connectivity index (χ0v) is 19.6. The molecule has 0 radical (unpaired) electrons. The Morgan fingerprint density at radius 3 is 2.38 bits per heavy atom. The van der Waals surface area contributed by atoms with Gasteiger partial charge in [0, 0.05) is 0 Å². The molecular formula is C22H23F2N3O6S. The van der Waals surface area contributed by atoms with Crippen LogP contribution in [0.2, 0.25) is 0 Å². The molecule has 1 atom stereocenters. The monoisotopic (exact) mass is 495 g/mol. The van der Waals surface area contributed by atoms with Crippen LogP contribution in [0.25, 0.3) is 0 Å². The van der Waals surface area contributed by atoms with E-state index in [-0.39, 0.29) is 23.4 Å². The van der Waals surface area contributed by atoms with Crippen molar-refractivity contribution in [1.29, 1.82) is 0 Å². The minimum Gasteiger partial charge on any atom is -0.413 e. The number of hydrogen-bond donors (Lipinski definition) is 2. The molecule has 12 heteroatoms. The summed E-state index contributed by atoms with van der Waals surface area (Å²) in [5, 5.41) is 2.39. The smallest absolute Gasteiger partial charge is 0.413 e. The molecule has 2 aromatic carbocycles. The van der Waals surface area contributed by atoms with Gasteiger partial charge in [-0.05, 0) is 42.2 Å². The number of aromatic nitrogens is 1. The Morgan fingerprint density at radius 2 is 1.76 bits per heavy atom. The highest BCUT2D eigenvalue weighted by atomic mass is 32.2. The summed E-state index contributed by atoms with van der Waals surface area (Å²) in [6, 6.07) is 8.25. The van der Waals surface area contributed by atoms with E-state index in [2.05, 4.69) is 10.3 Å². The minimum absolute atomic E-state index is 0.0421. The van der Waals surface area contributed by atoms with Crippen molar-refractivity contribution in [3.8, 4) is 17.7 Å². The van der Waals surface area contributed by atoms with E-state index >= 15 is 0 Å². The first kappa shape index (κ1) is 25.0. The molecule has 3 rings (SSSR count). The van der Waals surface area contributed by atoms with Crippen LogP contribution in [0.4, 0.5) is 19.3 Å². The summed E-state index contributed by atoms with van der Waals surface area (Å²) in [6.45, 7) is 5.47. The van der Waals surface area contributed by atoms with Crippen LogP contribution < -0.4 is 19.5 Å². The lowest BCUT2D eigenvalue weighted by Gasteiger charge is -2.15. The van der Waals surface area contributed by atoms with E-state index in [1.807, 2.05) is 26.0 Å². The molecule has 0 fully saturated rings. The average Bonchev–Trinajstić information content (AvgIpc) is 3.16. The number of hydrogen-bond acceptors (Lipinski definition) is 7. The van der Waals surface area contributed by atoms with Crippen molar-refractivity contribution in [1.82, 2.24) is 10.3 Å². The number of carbonyl (C=O) groups is 1. The van der Waals surface area contributed by atoms with E-state index in [0.717, 1.165) is 30.2 Å². The maximum Gasteiger partial charge on any atom is 0.414 e. The van der Waals surface area contributed by atoms with Gasteiger partial charge in [-0.2, -0.15) is 0 Å². The summed E-state index contributed by atoms with van der Waals surface area (Å²) >= 11 is 0. The Hall–Kier alpha value is -3.67. The van der Waals surface area contributed by atoms with Gasteiger partial charge in [0.2, 0.25) is 10.0 Å². The summed E-state index contributed by atoms with van der Waals surface area (Å²) in [5.74, 6) is -1.72. The maximum absolute atomic E-state index is 14.2. The van der Waals surface area contributed by atoms with Crippen molar-refractivity contribution in [2.24, 2.45) is 0 Å². The van der Waals surface area contributed by atoms with Crippen molar-refractivity contribution < 1.29 is 35.9 Å². The summed E-state index contributed by atoms with van der Waals surface area (Å²) < 4.78 is 68.5. The van der Waals surface area contributed by atoms with Crippen LogP contribution in [0.5, 0.6) is 17.7 Å². The number of para-hydroxylation sites is 1. The molecule has 0 saturated heterocycles. The molecule has 1 amide bonds. The van der Waals surface area contributed by atoms with Gasteiger partial charge in [0.05, 0.1) is 12.3 Å². The number of carbonyl (C=O) groups excluding carboxylic acids is 1. The lowest BCUT2D eigenvalue weighted by Crippen LogP contribution is -2.29. The van der Waals surface area contributed by atoms with E-state index in [1.54, 1.807) is 16.9 Å². The van der Waals surface area contributed by atoms with Crippen molar-refractivity contribution in [2.75, 3.05) is 11.0 Å². The molecule has 2 N–H and O–H groups in total. The zero-order valence-electron chi connectivity index (χ0n) is 18.8. The lowest BCUT2D eigenvalue weighted by atomic mass is 10.0. The number of sulfonamides is 1. The van der Waals surface area contributed by atoms with Crippen LogP contribution in [0.1, 0.15) is 43.9 Å². The molecule has 9 nitrogen and oxygen atoms in total.